The van der Waals surface area contributed by atoms with Crippen molar-refractivity contribution in [3.63, 3.8) is 0 Å². The first kappa shape index (κ1) is 15.3. The Hall–Kier alpha value is -2.24. The highest BCUT2D eigenvalue weighted by Crippen LogP contribution is 2.44. The van der Waals surface area contributed by atoms with Gasteiger partial charge in [-0.05, 0) is 49.3 Å². The molecule has 0 saturated heterocycles. The average molecular weight is 328 g/mol. The lowest BCUT2D eigenvalue weighted by Crippen LogP contribution is -2.35. The smallest absolute Gasteiger partial charge is 0.244 e. The third kappa shape index (κ3) is 3.18. The van der Waals surface area contributed by atoms with Crippen LogP contribution in [0.2, 0.25) is 0 Å². The number of benzene rings is 1. The minimum atomic E-state index is -0.252. The fourth-order valence-electron chi connectivity index (χ4n) is 3.25. The summed E-state index contributed by atoms with van der Waals surface area (Å²) in [5.74, 6) is 0.744. The van der Waals surface area contributed by atoms with Gasteiger partial charge in [-0.2, -0.15) is 0 Å². The van der Waals surface area contributed by atoms with Crippen molar-refractivity contribution in [1.29, 1.82) is 0 Å². The minimum absolute atomic E-state index is 0.00321. The van der Waals surface area contributed by atoms with Crippen molar-refractivity contribution in [2.24, 2.45) is 5.92 Å². The molecule has 1 atom stereocenters. The lowest BCUT2D eigenvalue weighted by Gasteiger charge is -2.29. The van der Waals surface area contributed by atoms with Gasteiger partial charge in [0.05, 0.1) is 11.7 Å². The zero-order valence-corrected chi connectivity index (χ0v) is 13.7. The molecule has 2 saturated carbocycles. The molecule has 1 unspecified atom stereocenters. The molecule has 1 aromatic carbocycles. The van der Waals surface area contributed by atoms with Crippen LogP contribution in [0, 0.1) is 11.7 Å². The Morgan fingerprint density at radius 2 is 2.00 bits per heavy atom. The van der Waals surface area contributed by atoms with E-state index in [1.165, 1.54) is 25.0 Å². The lowest BCUT2D eigenvalue weighted by atomic mass is 10.0. The molecule has 0 N–H and O–H groups in total. The Kier molecular flexibility index (Phi) is 3.82. The van der Waals surface area contributed by atoms with Gasteiger partial charge in [-0.25, -0.2) is 9.07 Å². The van der Waals surface area contributed by atoms with Crippen LogP contribution in [-0.2, 0) is 11.3 Å². The first-order valence-electron chi connectivity index (χ1n) is 8.53. The largest absolute Gasteiger partial charge is 0.337 e. The van der Waals surface area contributed by atoms with Crippen LogP contribution < -0.4 is 0 Å². The summed E-state index contributed by atoms with van der Waals surface area (Å²) in [6.45, 7) is 0.195. The standard InChI is InChI=1S/C18H21FN4O/c1-22(17(24)11-23-10-16(20-21-23)12-2-3-12)18(13-4-5-13)14-6-8-15(19)9-7-14/h6-10,12-13,18H,2-5,11H2,1H3. The Bertz CT molecular complexity index is 734. The number of hydrogen-bond donors (Lipinski definition) is 0. The topological polar surface area (TPSA) is 51.0 Å². The van der Waals surface area contributed by atoms with Crippen molar-refractivity contribution in [3.05, 3.63) is 47.5 Å². The molecular weight excluding hydrogens is 307 g/mol. The number of carbonyl (C=O) groups is 1. The van der Waals surface area contributed by atoms with E-state index >= 15 is 0 Å². The fraction of sp³-hybridized carbons (Fsp3) is 0.500. The van der Waals surface area contributed by atoms with Crippen LogP contribution in [0.15, 0.2) is 30.5 Å². The van der Waals surface area contributed by atoms with E-state index in [0.29, 0.717) is 11.8 Å². The summed E-state index contributed by atoms with van der Waals surface area (Å²) in [4.78, 5) is 14.5. The molecule has 5 nitrogen and oxygen atoms in total. The molecule has 1 aromatic heterocycles. The number of hydrogen-bond acceptors (Lipinski definition) is 3. The highest BCUT2D eigenvalue weighted by molar-refractivity contribution is 5.76. The van der Waals surface area contributed by atoms with Crippen LogP contribution in [-0.4, -0.2) is 32.8 Å². The predicted octanol–water partition coefficient (Wildman–Crippen LogP) is 2.90. The van der Waals surface area contributed by atoms with Crippen LogP contribution in [0.1, 0.15) is 48.9 Å². The van der Waals surface area contributed by atoms with Gasteiger partial charge in [0, 0.05) is 19.2 Å². The summed E-state index contributed by atoms with van der Waals surface area (Å²) >= 11 is 0. The van der Waals surface area contributed by atoms with Gasteiger partial charge in [-0.3, -0.25) is 4.79 Å². The molecule has 126 valence electrons. The third-order valence-corrected chi connectivity index (χ3v) is 4.94. The number of amides is 1. The van der Waals surface area contributed by atoms with E-state index in [2.05, 4.69) is 10.3 Å². The molecular formula is C18H21FN4O. The van der Waals surface area contributed by atoms with Gasteiger partial charge in [0.15, 0.2) is 0 Å². The molecule has 2 aliphatic carbocycles. The highest BCUT2D eigenvalue weighted by Gasteiger charge is 2.37. The van der Waals surface area contributed by atoms with Crippen LogP contribution >= 0.6 is 0 Å². The molecule has 0 radical (unpaired) electrons. The fourth-order valence-corrected chi connectivity index (χ4v) is 3.25. The molecule has 24 heavy (non-hydrogen) atoms. The van der Waals surface area contributed by atoms with Crippen LogP contribution in [0.25, 0.3) is 0 Å². The maximum Gasteiger partial charge on any atom is 0.244 e. The second kappa shape index (κ2) is 6.00. The molecule has 2 aromatic rings. The Balaban J connectivity index is 1.47. The van der Waals surface area contributed by atoms with Gasteiger partial charge < -0.3 is 4.90 Å². The van der Waals surface area contributed by atoms with Gasteiger partial charge in [0.25, 0.3) is 0 Å². The summed E-state index contributed by atoms with van der Waals surface area (Å²) < 4.78 is 14.8. The minimum Gasteiger partial charge on any atom is -0.337 e. The SMILES string of the molecule is CN(C(=O)Cn1cc(C2CC2)nn1)C(c1ccc(F)cc1)C1CC1. The van der Waals surface area contributed by atoms with Crippen molar-refractivity contribution in [3.8, 4) is 0 Å². The second-order valence-corrected chi connectivity index (χ2v) is 6.95. The third-order valence-electron chi connectivity index (χ3n) is 4.94. The zero-order valence-electron chi connectivity index (χ0n) is 13.7. The molecule has 6 heteroatoms. The summed E-state index contributed by atoms with van der Waals surface area (Å²) in [7, 11) is 1.83. The number of halogens is 1. The van der Waals surface area contributed by atoms with Crippen LogP contribution in [0.5, 0.6) is 0 Å². The van der Waals surface area contributed by atoms with Crippen LogP contribution in [0.3, 0.4) is 0 Å². The summed E-state index contributed by atoms with van der Waals surface area (Å²) in [5, 5.41) is 8.22. The van der Waals surface area contributed by atoms with Gasteiger partial charge in [0.1, 0.15) is 12.4 Å². The number of nitrogens with zero attached hydrogens (tertiary/aromatic N) is 4. The van der Waals surface area contributed by atoms with E-state index in [9.17, 15) is 9.18 Å². The van der Waals surface area contributed by atoms with Crippen molar-refractivity contribution in [2.45, 2.75) is 44.2 Å². The van der Waals surface area contributed by atoms with Crippen LogP contribution in [0.4, 0.5) is 4.39 Å². The van der Waals surface area contributed by atoms with Crippen molar-refractivity contribution in [1.82, 2.24) is 19.9 Å². The lowest BCUT2D eigenvalue weighted by molar-refractivity contribution is -0.133. The predicted molar refractivity (Wildman–Crippen MR) is 86.6 cm³/mol. The molecule has 0 aliphatic heterocycles. The Morgan fingerprint density at radius 1 is 1.29 bits per heavy atom. The first-order chi connectivity index (χ1) is 11.6. The van der Waals surface area contributed by atoms with E-state index in [-0.39, 0.29) is 24.3 Å². The van der Waals surface area contributed by atoms with Crippen molar-refractivity contribution < 1.29 is 9.18 Å². The average Bonchev–Trinajstić information content (AvgIpc) is 3.49. The van der Waals surface area contributed by atoms with Gasteiger partial charge in [0.2, 0.25) is 5.91 Å². The second-order valence-electron chi connectivity index (χ2n) is 6.95. The number of aromatic nitrogens is 3. The molecule has 2 fully saturated rings. The molecule has 0 spiro atoms. The number of rotatable bonds is 6. The van der Waals surface area contributed by atoms with E-state index < -0.39 is 0 Å². The highest BCUT2D eigenvalue weighted by atomic mass is 19.1. The number of carbonyl (C=O) groups excluding carboxylic acids is 1. The van der Waals surface area contributed by atoms with E-state index in [0.717, 1.165) is 24.1 Å². The Labute approximate surface area is 140 Å². The quantitative estimate of drug-likeness (QED) is 0.819. The Morgan fingerprint density at radius 3 is 2.62 bits per heavy atom. The molecule has 1 heterocycles. The first-order valence-corrected chi connectivity index (χ1v) is 8.53. The molecule has 1 amide bonds. The van der Waals surface area contributed by atoms with E-state index in [1.807, 2.05) is 13.2 Å². The molecule has 0 bridgehead atoms. The normalized spacial score (nSPS) is 18.4. The van der Waals surface area contributed by atoms with E-state index in [4.69, 9.17) is 0 Å². The van der Waals surface area contributed by atoms with Crippen molar-refractivity contribution in [2.75, 3.05) is 7.05 Å². The molecule has 2 aliphatic rings. The maximum atomic E-state index is 13.2. The monoisotopic (exact) mass is 328 g/mol. The summed E-state index contributed by atoms with van der Waals surface area (Å²) in [6, 6.07) is 6.49. The van der Waals surface area contributed by atoms with Crippen molar-refractivity contribution >= 4 is 5.91 Å². The summed E-state index contributed by atoms with van der Waals surface area (Å²) in [5.41, 5.74) is 1.98. The number of likely N-dealkylation sites (N-methyl/N-ethyl adjacent to an activating group) is 1. The van der Waals surface area contributed by atoms with Gasteiger partial charge >= 0.3 is 0 Å². The summed E-state index contributed by atoms with van der Waals surface area (Å²) in [6.07, 6.45) is 6.43. The molecule has 4 rings (SSSR count). The van der Waals surface area contributed by atoms with E-state index in [1.54, 1.807) is 21.7 Å². The van der Waals surface area contributed by atoms with Gasteiger partial charge in [-0.15, -0.1) is 5.10 Å². The zero-order chi connectivity index (χ0) is 16.7. The maximum absolute atomic E-state index is 13.2. The van der Waals surface area contributed by atoms with Gasteiger partial charge in [-0.1, -0.05) is 17.3 Å².